The number of hydrogen-bond acceptors (Lipinski definition) is 3. The summed E-state index contributed by atoms with van der Waals surface area (Å²) < 4.78 is 5.56. The van der Waals surface area contributed by atoms with E-state index < -0.39 is 5.60 Å². The van der Waals surface area contributed by atoms with Gasteiger partial charge in [0, 0.05) is 25.6 Å². The Morgan fingerprint density at radius 1 is 0.966 bits per heavy atom. The van der Waals surface area contributed by atoms with Gasteiger partial charge in [0.05, 0.1) is 18.8 Å². The highest BCUT2D eigenvalue weighted by Crippen LogP contribution is 2.42. The molecule has 3 rings (SSSR count). The van der Waals surface area contributed by atoms with Gasteiger partial charge in [0.25, 0.3) is 0 Å². The minimum Gasteiger partial charge on any atom is -0.384 e. The van der Waals surface area contributed by atoms with Gasteiger partial charge in [-0.25, -0.2) is 0 Å². The second-order valence-corrected chi connectivity index (χ2v) is 8.31. The zero-order chi connectivity index (χ0) is 20.5. The van der Waals surface area contributed by atoms with Crippen molar-refractivity contribution in [1.29, 1.82) is 0 Å². The van der Waals surface area contributed by atoms with Crippen molar-refractivity contribution in [2.75, 3.05) is 32.8 Å². The molecule has 0 amide bonds. The highest BCUT2D eigenvalue weighted by molar-refractivity contribution is 5.33. The van der Waals surface area contributed by atoms with E-state index in [1.54, 1.807) is 0 Å². The minimum absolute atomic E-state index is 0.0335. The van der Waals surface area contributed by atoms with Crippen molar-refractivity contribution in [2.45, 2.75) is 57.5 Å². The molecular formula is C26H37NO2. The fraction of sp³-hybridized carbons (Fsp3) is 0.538. The van der Waals surface area contributed by atoms with E-state index in [-0.39, 0.29) is 5.92 Å². The number of morpholine rings is 1. The van der Waals surface area contributed by atoms with Crippen molar-refractivity contribution in [1.82, 2.24) is 4.90 Å². The van der Waals surface area contributed by atoms with Gasteiger partial charge >= 0.3 is 0 Å². The number of hydrogen-bond donors (Lipinski definition) is 1. The molecule has 0 aromatic heterocycles. The van der Waals surface area contributed by atoms with Gasteiger partial charge in [-0.1, -0.05) is 87.7 Å². The molecule has 1 aliphatic heterocycles. The van der Waals surface area contributed by atoms with Crippen molar-refractivity contribution >= 4 is 0 Å². The number of unbranched alkanes of at least 4 members (excludes halogenated alkanes) is 2. The first-order chi connectivity index (χ1) is 14.2. The number of aliphatic hydroxyl groups is 1. The van der Waals surface area contributed by atoms with Crippen LogP contribution in [0.1, 0.15) is 62.1 Å². The van der Waals surface area contributed by atoms with Gasteiger partial charge in [0.2, 0.25) is 0 Å². The summed E-state index contributed by atoms with van der Waals surface area (Å²) in [6, 6.07) is 19.3. The smallest absolute Gasteiger partial charge is 0.0977 e. The molecule has 158 valence electrons. The molecule has 1 aliphatic rings. The molecule has 2 aromatic carbocycles. The molecule has 3 nitrogen and oxygen atoms in total. The summed E-state index contributed by atoms with van der Waals surface area (Å²) in [7, 11) is 0. The summed E-state index contributed by atoms with van der Waals surface area (Å²) in [5.41, 5.74) is 2.71. The van der Waals surface area contributed by atoms with Gasteiger partial charge in [-0.15, -0.1) is 0 Å². The van der Waals surface area contributed by atoms with E-state index in [0.717, 1.165) is 70.5 Å². The SMILES string of the molecule is CCCCC[C@@](O)(c1ccc(CC)cc1)[C@H](CN1CCOCC1)c1ccccc1. The Morgan fingerprint density at radius 3 is 2.28 bits per heavy atom. The molecule has 1 fully saturated rings. The third-order valence-electron chi connectivity index (χ3n) is 6.35. The highest BCUT2D eigenvalue weighted by Gasteiger charge is 2.40. The second kappa shape index (κ2) is 10.9. The van der Waals surface area contributed by atoms with Crippen molar-refractivity contribution in [2.24, 2.45) is 0 Å². The van der Waals surface area contributed by atoms with Gasteiger partial charge in [-0.2, -0.15) is 0 Å². The van der Waals surface area contributed by atoms with Gasteiger partial charge in [-0.05, 0) is 29.5 Å². The zero-order valence-electron chi connectivity index (χ0n) is 18.1. The van der Waals surface area contributed by atoms with Crippen LogP contribution in [0, 0.1) is 0 Å². The summed E-state index contributed by atoms with van der Waals surface area (Å²) >= 11 is 0. The fourth-order valence-corrected chi connectivity index (χ4v) is 4.45. The van der Waals surface area contributed by atoms with E-state index >= 15 is 0 Å². The molecule has 0 bridgehead atoms. The Morgan fingerprint density at radius 2 is 1.66 bits per heavy atom. The van der Waals surface area contributed by atoms with Crippen molar-refractivity contribution < 1.29 is 9.84 Å². The van der Waals surface area contributed by atoms with Gasteiger partial charge in [-0.3, -0.25) is 4.90 Å². The third kappa shape index (κ3) is 5.69. The van der Waals surface area contributed by atoms with Crippen LogP contribution in [-0.2, 0) is 16.8 Å². The van der Waals surface area contributed by atoms with Crippen LogP contribution in [0.3, 0.4) is 0 Å². The fourth-order valence-electron chi connectivity index (χ4n) is 4.45. The lowest BCUT2D eigenvalue weighted by Crippen LogP contribution is -2.45. The summed E-state index contributed by atoms with van der Waals surface area (Å²) in [6.07, 6.45) is 5.15. The van der Waals surface area contributed by atoms with Crippen LogP contribution in [0.25, 0.3) is 0 Å². The van der Waals surface area contributed by atoms with Crippen molar-refractivity contribution in [3.05, 3.63) is 71.3 Å². The maximum Gasteiger partial charge on any atom is 0.0977 e. The quantitative estimate of drug-likeness (QED) is 0.566. The van der Waals surface area contributed by atoms with Crippen LogP contribution in [0.15, 0.2) is 54.6 Å². The average Bonchev–Trinajstić information content (AvgIpc) is 2.79. The molecule has 0 aliphatic carbocycles. The second-order valence-electron chi connectivity index (χ2n) is 8.31. The van der Waals surface area contributed by atoms with Gasteiger partial charge in [0.15, 0.2) is 0 Å². The topological polar surface area (TPSA) is 32.7 Å². The Labute approximate surface area is 176 Å². The van der Waals surface area contributed by atoms with E-state index in [0.29, 0.717) is 0 Å². The molecule has 29 heavy (non-hydrogen) atoms. The first-order valence-electron chi connectivity index (χ1n) is 11.3. The van der Waals surface area contributed by atoms with Crippen LogP contribution in [0.5, 0.6) is 0 Å². The van der Waals surface area contributed by atoms with Crippen LogP contribution in [-0.4, -0.2) is 42.9 Å². The first kappa shape index (κ1) is 22.0. The Hall–Kier alpha value is -1.68. The zero-order valence-corrected chi connectivity index (χ0v) is 18.1. The number of nitrogens with zero attached hydrogens (tertiary/aromatic N) is 1. The van der Waals surface area contributed by atoms with Crippen LogP contribution in [0.2, 0.25) is 0 Å². The van der Waals surface area contributed by atoms with E-state index in [1.807, 2.05) is 0 Å². The lowest BCUT2D eigenvalue weighted by atomic mass is 9.73. The summed E-state index contributed by atoms with van der Waals surface area (Å²) in [6.45, 7) is 8.67. The molecule has 1 heterocycles. The number of ether oxygens (including phenoxy) is 1. The predicted octanol–water partition coefficient (Wildman–Crippen LogP) is 5.13. The molecule has 2 aromatic rings. The van der Waals surface area contributed by atoms with E-state index in [1.165, 1.54) is 11.1 Å². The van der Waals surface area contributed by atoms with Gasteiger partial charge in [0.1, 0.15) is 0 Å². The summed E-state index contributed by atoms with van der Waals surface area (Å²) in [5.74, 6) is 0.0335. The Bertz CT molecular complexity index is 709. The van der Waals surface area contributed by atoms with Crippen LogP contribution in [0.4, 0.5) is 0 Å². The maximum absolute atomic E-state index is 12.3. The molecule has 2 atom stereocenters. The molecule has 0 spiro atoms. The summed E-state index contributed by atoms with van der Waals surface area (Å²) in [4.78, 5) is 2.45. The Balaban J connectivity index is 1.97. The first-order valence-corrected chi connectivity index (χ1v) is 11.3. The van der Waals surface area contributed by atoms with Crippen LogP contribution < -0.4 is 0 Å². The average molecular weight is 396 g/mol. The van der Waals surface area contributed by atoms with E-state index in [4.69, 9.17) is 4.74 Å². The van der Waals surface area contributed by atoms with E-state index in [2.05, 4.69) is 73.3 Å². The normalized spacial score (nSPS) is 18.3. The third-order valence-corrected chi connectivity index (χ3v) is 6.35. The highest BCUT2D eigenvalue weighted by atomic mass is 16.5. The lowest BCUT2D eigenvalue weighted by molar-refractivity contribution is -0.0295. The standard InChI is InChI=1S/C26H37NO2/c1-3-5-9-16-26(28,24-14-12-22(4-2)13-15-24)25(23-10-7-6-8-11-23)21-27-17-19-29-20-18-27/h6-8,10-15,25,28H,3-5,9,16-21H2,1-2H3/t25-,26-/m1/s1. The van der Waals surface area contributed by atoms with Crippen molar-refractivity contribution in [3.63, 3.8) is 0 Å². The monoisotopic (exact) mass is 395 g/mol. The molecule has 1 N–H and O–H groups in total. The minimum atomic E-state index is -0.874. The Kier molecular flexibility index (Phi) is 8.29. The largest absolute Gasteiger partial charge is 0.384 e. The molecule has 1 saturated heterocycles. The number of benzene rings is 2. The van der Waals surface area contributed by atoms with Gasteiger partial charge < -0.3 is 9.84 Å². The molecule has 0 unspecified atom stereocenters. The van der Waals surface area contributed by atoms with Crippen LogP contribution >= 0.6 is 0 Å². The van der Waals surface area contributed by atoms with E-state index in [9.17, 15) is 5.11 Å². The molecule has 0 radical (unpaired) electrons. The predicted molar refractivity (Wildman–Crippen MR) is 120 cm³/mol. The molecule has 3 heteroatoms. The maximum atomic E-state index is 12.3. The number of aryl methyl sites for hydroxylation is 1. The molecular weight excluding hydrogens is 358 g/mol. The number of rotatable bonds is 10. The molecule has 0 saturated carbocycles. The van der Waals surface area contributed by atoms with Crippen molar-refractivity contribution in [3.8, 4) is 0 Å². The lowest BCUT2D eigenvalue weighted by Gasteiger charge is -2.41. The summed E-state index contributed by atoms with van der Waals surface area (Å²) in [5, 5.41) is 12.3.